The summed E-state index contributed by atoms with van der Waals surface area (Å²) in [6.45, 7) is 0. The van der Waals surface area contributed by atoms with Gasteiger partial charge in [-0.25, -0.2) is 4.98 Å². The van der Waals surface area contributed by atoms with Gasteiger partial charge in [-0.3, -0.25) is 4.79 Å². The fraction of sp³-hybridized carbons (Fsp3) is 0.250. The number of halogens is 2. The van der Waals surface area contributed by atoms with Gasteiger partial charge in [-0.1, -0.05) is 17.7 Å². The quantitative estimate of drug-likeness (QED) is 0.541. The molecule has 0 N–H and O–H groups in total. The van der Waals surface area contributed by atoms with Crippen LogP contribution in [0.25, 0.3) is 0 Å². The zero-order valence-corrected chi connectivity index (χ0v) is 7.64. The molecule has 1 aromatic rings. The monoisotopic (exact) mass is 203 g/mol. The Morgan fingerprint density at radius 1 is 1.69 bits per heavy atom. The Bertz CT molecular complexity index is 330. The van der Waals surface area contributed by atoms with Crippen LogP contribution in [0.2, 0.25) is 5.15 Å². The van der Waals surface area contributed by atoms with Crippen molar-refractivity contribution in [3.63, 3.8) is 0 Å². The minimum atomic E-state index is -0.738. The summed E-state index contributed by atoms with van der Waals surface area (Å²) in [5, 5.41) is 0.0612. The Morgan fingerprint density at radius 3 is 2.92 bits per heavy atom. The summed E-state index contributed by atoms with van der Waals surface area (Å²) in [4.78, 5) is 14.1. The number of hydrogen-bond acceptors (Lipinski definition) is 3. The summed E-state index contributed by atoms with van der Waals surface area (Å²) in [7, 11) is 1.24. The van der Waals surface area contributed by atoms with Crippen molar-refractivity contribution in [3.05, 3.63) is 28.8 Å². The molecule has 0 aliphatic heterocycles. The van der Waals surface area contributed by atoms with Crippen LogP contribution in [-0.4, -0.2) is 18.1 Å². The molecule has 70 valence electrons. The molecule has 0 aromatic carbocycles. The SMILES string of the molecule is COC(=O)Cc1ccc(Cl)nc1F. The highest BCUT2D eigenvalue weighted by molar-refractivity contribution is 6.29. The molecule has 3 nitrogen and oxygen atoms in total. The molecule has 1 rings (SSSR count). The Labute approximate surface area is 79.5 Å². The third kappa shape index (κ3) is 2.66. The van der Waals surface area contributed by atoms with Crippen LogP contribution in [0.1, 0.15) is 5.56 Å². The second-order valence-corrected chi connectivity index (χ2v) is 2.72. The van der Waals surface area contributed by atoms with Crippen LogP contribution in [0.3, 0.4) is 0 Å². The number of hydrogen-bond donors (Lipinski definition) is 0. The first-order valence-electron chi connectivity index (χ1n) is 3.51. The molecule has 0 amide bonds. The predicted molar refractivity (Wildman–Crippen MR) is 44.9 cm³/mol. The van der Waals surface area contributed by atoms with Crippen molar-refractivity contribution >= 4 is 17.6 Å². The molecule has 1 heterocycles. The van der Waals surface area contributed by atoms with E-state index in [9.17, 15) is 9.18 Å². The van der Waals surface area contributed by atoms with Gasteiger partial charge in [0.1, 0.15) is 5.15 Å². The van der Waals surface area contributed by atoms with E-state index in [-0.39, 0.29) is 17.1 Å². The molecular formula is C8H7ClFNO2. The van der Waals surface area contributed by atoms with Gasteiger partial charge in [-0.15, -0.1) is 0 Å². The van der Waals surface area contributed by atoms with Crippen LogP contribution < -0.4 is 0 Å². The number of aromatic nitrogens is 1. The maximum absolute atomic E-state index is 12.9. The molecule has 0 bridgehead atoms. The van der Waals surface area contributed by atoms with E-state index < -0.39 is 11.9 Å². The Hall–Kier alpha value is -1.16. The summed E-state index contributed by atoms with van der Waals surface area (Å²) in [5.41, 5.74) is 0.177. The van der Waals surface area contributed by atoms with Gasteiger partial charge in [0.05, 0.1) is 13.5 Å². The van der Waals surface area contributed by atoms with Crippen LogP contribution in [0.5, 0.6) is 0 Å². The van der Waals surface area contributed by atoms with Crippen molar-refractivity contribution < 1.29 is 13.9 Å². The van der Waals surface area contributed by atoms with Gasteiger partial charge < -0.3 is 4.74 Å². The lowest BCUT2D eigenvalue weighted by atomic mass is 10.2. The summed E-state index contributed by atoms with van der Waals surface area (Å²) in [6, 6.07) is 2.82. The standard InChI is InChI=1S/C8H7ClFNO2/c1-13-7(12)4-5-2-3-6(9)11-8(5)10/h2-3H,4H2,1H3. The van der Waals surface area contributed by atoms with Crippen molar-refractivity contribution in [2.24, 2.45) is 0 Å². The average Bonchev–Trinajstić information content (AvgIpc) is 2.09. The van der Waals surface area contributed by atoms with Gasteiger partial charge in [0.15, 0.2) is 0 Å². The maximum atomic E-state index is 12.9. The van der Waals surface area contributed by atoms with E-state index in [1.807, 2.05) is 0 Å². The third-order valence-electron chi connectivity index (χ3n) is 1.45. The molecule has 0 saturated carbocycles. The van der Waals surface area contributed by atoms with Crippen LogP contribution in [0.15, 0.2) is 12.1 Å². The number of carbonyl (C=O) groups is 1. The number of carbonyl (C=O) groups excluding carboxylic acids is 1. The highest BCUT2D eigenvalue weighted by Crippen LogP contribution is 2.10. The van der Waals surface area contributed by atoms with Gasteiger partial charge in [0, 0.05) is 5.56 Å². The summed E-state index contributed by atoms with van der Waals surface area (Å²) < 4.78 is 17.3. The van der Waals surface area contributed by atoms with Crippen molar-refractivity contribution in [2.45, 2.75) is 6.42 Å². The number of ether oxygens (including phenoxy) is 1. The van der Waals surface area contributed by atoms with E-state index in [1.165, 1.54) is 19.2 Å². The predicted octanol–water partition coefficient (Wildman–Crippen LogP) is 1.59. The summed E-state index contributed by atoms with van der Waals surface area (Å²) in [5.74, 6) is -1.25. The lowest BCUT2D eigenvalue weighted by molar-refractivity contribution is -0.139. The van der Waals surface area contributed by atoms with Crippen molar-refractivity contribution in [2.75, 3.05) is 7.11 Å². The van der Waals surface area contributed by atoms with Gasteiger partial charge >= 0.3 is 5.97 Å². The van der Waals surface area contributed by atoms with E-state index in [4.69, 9.17) is 11.6 Å². The van der Waals surface area contributed by atoms with E-state index in [1.54, 1.807) is 0 Å². The zero-order chi connectivity index (χ0) is 9.84. The normalized spacial score (nSPS) is 9.77. The minimum absolute atomic E-state index is 0.0612. The molecule has 0 atom stereocenters. The van der Waals surface area contributed by atoms with Gasteiger partial charge in [0.25, 0.3) is 0 Å². The zero-order valence-electron chi connectivity index (χ0n) is 6.88. The van der Waals surface area contributed by atoms with Crippen molar-refractivity contribution in [1.29, 1.82) is 0 Å². The first-order valence-corrected chi connectivity index (χ1v) is 3.89. The molecule has 0 fully saturated rings. The summed E-state index contributed by atoms with van der Waals surface area (Å²) in [6.07, 6.45) is -0.132. The lowest BCUT2D eigenvalue weighted by Gasteiger charge is -2.00. The first kappa shape index (κ1) is 9.92. The number of pyridine rings is 1. The second-order valence-electron chi connectivity index (χ2n) is 2.34. The van der Waals surface area contributed by atoms with Gasteiger partial charge in [-0.2, -0.15) is 4.39 Å². The molecule has 5 heteroatoms. The Balaban J connectivity index is 2.83. The molecule has 1 aromatic heterocycles. The molecule has 0 aliphatic rings. The lowest BCUT2D eigenvalue weighted by Crippen LogP contribution is -2.06. The van der Waals surface area contributed by atoms with Crippen LogP contribution in [0.4, 0.5) is 4.39 Å². The Morgan fingerprint density at radius 2 is 2.38 bits per heavy atom. The first-order chi connectivity index (χ1) is 6.13. The van der Waals surface area contributed by atoms with Gasteiger partial charge in [-0.05, 0) is 6.07 Å². The van der Waals surface area contributed by atoms with E-state index in [2.05, 4.69) is 9.72 Å². The smallest absolute Gasteiger partial charge is 0.310 e. The van der Waals surface area contributed by atoms with E-state index in [0.29, 0.717) is 0 Å². The highest BCUT2D eigenvalue weighted by atomic mass is 35.5. The number of nitrogens with zero attached hydrogens (tertiary/aromatic N) is 1. The largest absolute Gasteiger partial charge is 0.469 e. The average molecular weight is 204 g/mol. The molecule has 13 heavy (non-hydrogen) atoms. The molecule has 0 aliphatic carbocycles. The molecule has 0 saturated heterocycles. The van der Waals surface area contributed by atoms with Crippen LogP contribution >= 0.6 is 11.6 Å². The van der Waals surface area contributed by atoms with Crippen LogP contribution in [-0.2, 0) is 16.0 Å². The van der Waals surface area contributed by atoms with Gasteiger partial charge in [0.2, 0.25) is 5.95 Å². The van der Waals surface area contributed by atoms with E-state index >= 15 is 0 Å². The van der Waals surface area contributed by atoms with Crippen molar-refractivity contribution in [3.8, 4) is 0 Å². The maximum Gasteiger partial charge on any atom is 0.310 e. The van der Waals surface area contributed by atoms with Crippen molar-refractivity contribution in [1.82, 2.24) is 4.98 Å². The molecule has 0 unspecified atom stereocenters. The number of esters is 1. The fourth-order valence-corrected chi connectivity index (χ4v) is 0.938. The highest BCUT2D eigenvalue weighted by Gasteiger charge is 2.09. The molecule has 0 radical (unpaired) electrons. The second kappa shape index (κ2) is 4.18. The summed E-state index contributed by atoms with van der Waals surface area (Å²) >= 11 is 5.42. The number of rotatable bonds is 2. The topological polar surface area (TPSA) is 39.2 Å². The third-order valence-corrected chi connectivity index (χ3v) is 1.66. The fourth-order valence-electron chi connectivity index (χ4n) is 0.800. The molecule has 0 spiro atoms. The minimum Gasteiger partial charge on any atom is -0.469 e. The van der Waals surface area contributed by atoms with Crippen LogP contribution in [0, 0.1) is 5.95 Å². The molecular weight excluding hydrogens is 197 g/mol. The number of methoxy groups -OCH3 is 1. The van der Waals surface area contributed by atoms with E-state index in [0.717, 1.165) is 0 Å². The Kier molecular flexibility index (Phi) is 3.19.